The highest BCUT2D eigenvalue weighted by molar-refractivity contribution is 7.98. The number of hydrogen-bond donors (Lipinski definition) is 2. The summed E-state index contributed by atoms with van der Waals surface area (Å²) in [5.41, 5.74) is 6.71. The van der Waals surface area contributed by atoms with Crippen molar-refractivity contribution in [1.82, 2.24) is 0 Å². The van der Waals surface area contributed by atoms with Crippen LogP contribution in [0.1, 0.15) is 5.56 Å². The maximum Gasteiger partial charge on any atom is 0.321 e. The minimum absolute atomic E-state index is 0.444. The quantitative estimate of drug-likeness (QED) is 0.874. The molecule has 90 valence electrons. The summed E-state index contributed by atoms with van der Waals surface area (Å²) in [6, 6.07) is 7.46. The minimum atomic E-state index is -0.937. The number of benzene rings is 1. The molecule has 17 heavy (non-hydrogen) atoms. The number of hydrogen-bond acceptors (Lipinski definition) is 4. The van der Waals surface area contributed by atoms with Gasteiger partial charge in [-0.1, -0.05) is 18.2 Å². The number of aliphatic carboxylic acids is 1. The van der Waals surface area contributed by atoms with Crippen molar-refractivity contribution in [3.63, 3.8) is 0 Å². The van der Waals surface area contributed by atoms with E-state index in [2.05, 4.69) is 17.5 Å². The normalized spacial score (nSPS) is 12.8. The minimum Gasteiger partial charge on any atom is -0.480 e. The summed E-state index contributed by atoms with van der Waals surface area (Å²) in [6.45, 7) is 0. The summed E-state index contributed by atoms with van der Waals surface area (Å²) >= 11 is 3.28. The number of fused-ring (bicyclic) bond motifs is 1. The third-order valence-electron chi connectivity index (χ3n) is 2.43. The van der Waals surface area contributed by atoms with E-state index in [-0.39, 0.29) is 0 Å². The molecule has 0 saturated carbocycles. The van der Waals surface area contributed by atoms with Gasteiger partial charge in [-0.05, 0) is 22.4 Å². The van der Waals surface area contributed by atoms with Crippen LogP contribution < -0.4 is 5.73 Å². The maximum atomic E-state index is 10.6. The monoisotopic (exact) mass is 267 g/mol. The Morgan fingerprint density at radius 2 is 2.24 bits per heavy atom. The molecule has 0 unspecified atom stereocenters. The molecule has 0 aliphatic heterocycles. The molecule has 0 aliphatic carbocycles. The third-order valence-corrected chi connectivity index (χ3v) is 4.56. The molecule has 1 aromatic carbocycles. The molecule has 0 radical (unpaired) electrons. The van der Waals surface area contributed by atoms with Crippen molar-refractivity contribution < 1.29 is 9.90 Å². The Labute approximate surface area is 108 Å². The van der Waals surface area contributed by atoms with E-state index in [4.69, 9.17) is 10.8 Å². The van der Waals surface area contributed by atoms with Gasteiger partial charge in [0.15, 0.2) is 0 Å². The van der Waals surface area contributed by atoms with Crippen molar-refractivity contribution in [2.24, 2.45) is 5.73 Å². The van der Waals surface area contributed by atoms with E-state index >= 15 is 0 Å². The van der Waals surface area contributed by atoms with Crippen molar-refractivity contribution in [2.75, 3.05) is 5.75 Å². The second-order valence-electron chi connectivity index (χ2n) is 3.72. The van der Waals surface area contributed by atoms with Gasteiger partial charge in [-0.2, -0.15) is 11.8 Å². The number of carbonyl (C=O) groups is 1. The molecular formula is C12H13NO2S2. The Morgan fingerprint density at radius 1 is 1.47 bits per heavy atom. The molecule has 2 aromatic rings. The Hall–Kier alpha value is -1.04. The van der Waals surface area contributed by atoms with Gasteiger partial charge in [0, 0.05) is 16.2 Å². The van der Waals surface area contributed by atoms with Crippen LogP contribution in [0, 0.1) is 0 Å². The van der Waals surface area contributed by atoms with Gasteiger partial charge in [0.1, 0.15) is 6.04 Å². The van der Waals surface area contributed by atoms with Gasteiger partial charge in [0.05, 0.1) is 0 Å². The van der Waals surface area contributed by atoms with Crippen LogP contribution in [0.25, 0.3) is 10.1 Å². The smallest absolute Gasteiger partial charge is 0.321 e. The fourth-order valence-corrected chi connectivity index (χ4v) is 3.55. The first-order chi connectivity index (χ1) is 8.18. The molecule has 0 fully saturated rings. The molecule has 5 heteroatoms. The van der Waals surface area contributed by atoms with Gasteiger partial charge in [-0.15, -0.1) is 11.3 Å². The number of thioether (sulfide) groups is 1. The third kappa shape index (κ3) is 3.00. The molecule has 1 aromatic heterocycles. The maximum absolute atomic E-state index is 10.6. The van der Waals surface area contributed by atoms with Crippen LogP contribution in [-0.2, 0) is 10.5 Å². The first-order valence-corrected chi connectivity index (χ1v) is 7.23. The van der Waals surface area contributed by atoms with Crippen LogP contribution >= 0.6 is 23.1 Å². The van der Waals surface area contributed by atoms with Crippen molar-refractivity contribution in [2.45, 2.75) is 11.8 Å². The highest BCUT2D eigenvalue weighted by Crippen LogP contribution is 2.28. The first-order valence-electron chi connectivity index (χ1n) is 5.19. The summed E-state index contributed by atoms with van der Waals surface area (Å²) < 4.78 is 1.27. The molecule has 1 heterocycles. The summed E-state index contributed by atoms with van der Waals surface area (Å²) in [6.07, 6.45) is 0. The Kier molecular flexibility index (Phi) is 4.04. The number of carboxylic acids is 1. The molecule has 3 N–H and O–H groups in total. The van der Waals surface area contributed by atoms with Crippen LogP contribution in [-0.4, -0.2) is 22.9 Å². The number of carboxylic acid groups (broad SMARTS) is 1. The molecule has 0 bridgehead atoms. The van der Waals surface area contributed by atoms with E-state index < -0.39 is 12.0 Å². The standard InChI is InChI=1S/C12H13NO2S2/c13-10(12(14)15)7-16-5-8-6-17-11-4-2-1-3-9(8)11/h1-4,6,10H,5,7,13H2,(H,14,15)/t10-/m0/s1. The number of thiophene rings is 1. The molecule has 0 amide bonds. The Balaban J connectivity index is 1.98. The fraction of sp³-hybridized carbons (Fsp3) is 0.250. The second kappa shape index (κ2) is 5.53. The molecule has 1 atom stereocenters. The predicted octanol–water partition coefficient (Wildman–Crippen LogP) is 2.55. The van der Waals surface area contributed by atoms with E-state index in [0.29, 0.717) is 5.75 Å². The van der Waals surface area contributed by atoms with Crippen LogP contribution in [0.15, 0.2) is 29.6 Å². The Bertz CT molecular complexity index is 524. The molecular weight excluding hydrogens is 254 g/mol. The second-order valence-corrected chi connectivity index (χ2v) is 5.66. The topological polar surface area (TPSA) is 63.3 Å². The Morgan fingerprint density at radius 3 is 3.00 bits per heavy atom. The molecule has 0 aliphatic rings. The summed E-state index contributed by atoms with van der Waals surface area (Å²) in [7, 11) is 0. The zero-order valence-corrected chi connectivity index (χ0v) is 10.8. The largest absolute Gasteiger partial charge is 0.480 e. The lowest BCUT2D eigenvalue weighted by atomic mass is 10.2. The average Bonchev–Trinajstić information content (AvgIpc) is 2.72. The summed E-state index contributed by atoms with van der Waals surface area (Å²) in [5, 5.41) is 12.1. The molecule has 0 saturated heterocycles. The van der Waals surface area contributed by atoms with E-state index in [1.165, 1.54) is 15.6 Å². The average molecular weight is 267 g/mol. The molecule has 3 nitrogen and oxygen atoms in total. The highest BCUT2D eigenvalue weighted by atomic mass is 32.2. The zero-order valence-electron chi connectivity index (χ0n) is 9.13. The van der Waals surface area contributed by atoms with E-state index in [0.717, 1.165) is 5.75 Å². The first kappa shape index (κ1) is 12.4. The lowest BCUT2D eigenvalue weighted by Crippen LogP contribution is -2.32. The fourth-order valence-electron chi connectivity index (χ4n) is 1.51. The van der Waals surface area contributed by atoms with Crippen LogP contribution in [0.2, 0.25) is 0 Å². The van der Waals surface area contributed by atoms with Crippen LogP contribution in [0.5, 0.6) is 0 Å². The van der Waals surface area contributed by atoms with Gasteiger partial charge in [-0.25, -0.2) is 0 Å². The molecule has 2 rings (SSSR count). The van der Waals surface area contributed by atoms with Crippen molar-refractivity contribution >= 4 is 39.2 Å². The number of rotatable bonds is 5. The van der Waals surface area contributed by atoms with Crippen LogP contribution in [0.3, 0.4) is 0 Å². The highest BCUT2D eigenvalue weighted by Gasteiger charge is 2.11. The van der Waals surface area contributed by atoms with Gasteiger partial charge in [0.2, 0.25) is 0 Å². The predicted molar refractivity (Wildman–Crippen MR) is 73.6 cm³/mol. The van der Waals surface area contributed by atoms with Gasteiger partial charge in [0.25, 0.3) is 0 Å². The van der Waals surface area contributed by atoms with E-state index in [1.54, 1.807) is 23.1 Å². The number of nitrogens with two attached hydrogens (primary N) is 1. The summed E-state index contributed by atoms with van der Waals surface area (Å²) in [5.74, 6) is 0.317. The van der Waals surface area contributed by atoms with Crippen molar-refractivity contribution in [3.05, 3.63) is 35.2 Å². The van der Waals surface area contributed by atoms with Crippen molar-refractivity contribution in [3.8, 4) is 0 Å². The van der Waals surface area contributed by atoms with Gasteiger partial charge in [-0.3, -0.25) is 4.79 Å². The lowest BCUT2D eigenvalue weighted by molar-refractivity contribution is -0.137. The lowest BCUT2D eigenvalue weighted by Gasteiger charge is -2.05. The van der Waals surface area contributed by atoms with E-state index in [9.17, 15) is 4.79 Å². The van der Waals surface area contributed by atoms with Gasteiger partial charge >= 0.3 is 5.97 Å². The molecule has 0 spiro atoms. The van der Waals surface area contributed by atoms with Crippen LogP contribution in [0.4, 0.5) is 0 Å². The van der Waals surface area contributed by atoms with Gasteiger partial charge < -0.3 is 10.8 Å². The van der Waals surface area contributed by atoms with E-state index in [1.807, 2.05) is 12.1 Å². The van der Waals surface area contributed by atoms with Crippen molar-refractivity contribution in [1.29, 1.82) is 0 Å². The zero-order chi connectivity index (χ0) is 12.3. The SMILES string of the molecule is N[C@@H](CSCc1csc2ccccc12)C(=O)O. The summed E-state index contributed by atoms with van der Waals surface area (Å²) in [4.78, 5) is 10.6.